The Kier molecular flexibility index (Phi) is 4.97. The molecule has 0 bridgehead atoms. The average Bonchev–Trinajstić information content (AvgIpc) is 2.78. The molecule has 0 saturated carbocycles. The molecule has 0 unspecified atom stereocenters. The Balaban J connectivity index is 2.13. The summed E-state index contributed by atoms with van der Waals surface area (Å²) in [4.78, 5) is 4.30. The van der Waals surface area contributed by atoms with Gasteiger partial charge in [0.1, 0.15) is 0 Å². The van der Waals surface area contributed by atoms with Crippen molar-refractivity contribution in [2.45, 2.75) is 12.8 Å². The normalized spacial score (nSPS) is 10.8. The van der Waals surface area contributed by atoms with Crippen molar-refractivity contribution < 1.29 is 4.42 Å². The van der Waals surface area contributed by atoms with E-state index in [1.54, 1.807) is 6.20 Å². The zero-order valence-corrected chi connectivity index (χ0v) is 13.2. The molecule has 1 aromatic carbocycles. The van der Waals surface area contributed by atoms with E-state index in [4.69, 9.17) is 4.42 Å². The minimum Gasteiger partial charge on any atom is -0.441 e. The first-order valence-corrected chi connectivity index (χ1v) is 7.34. The van der Waals surface area contributed by atoms with Crippen LogP contribution in [-0.2, 0) is 6.42 Å². The monoisotopic (exact) mass is 372 g/mol. The van der Waals surface area contributed by atoms with E-state index in [0.29, 0.717) is 0 Å². The first kappa shape index (κ1) is 13.8. The summed E-state index contributed by atoms with van der Waals surface area (Å²) in [5.41, 5.74) is 1.02. The molecule has 0 radical (unpaired) electrons. The number of rotatable bonds is 5. The van der Waals surface area contributed by atoms with Gasteiger partial charge in [-0.1, -0.05) is 15.9 Å². The van der Waals surface area contributed by atoms with Gasteiger partial charge in [-0.2, -0.15) is 0 Å². The van der Waals surface area contributed by atoms with Crippen LogP contribution in [0.4, 0.5) is 0 Å². The van der Waals surface area contributed by atoms with Gasteiger partial charge in [0.2, 0.25) is 0 Å². The van der Waals surface area contributed by atoms with Gasteiger partial charge in [0.15, 0.2) is 11.7 Å². The lowest BCUT2D eigenvalue weighted by molar-refractivity contribution is 0.495. The van der Waals surface area contributed by atoms with Crippen LogP contribution in [0.1, 0.15) is 12.3 Å². The van der Waals surface area contributed by atoms with Crippen LogP contribution < -0.4 is 5.32 Å². The van der Waals surface area contributed by atoms with E-state index in [0.717, 1.165) is 45.5 Å². The SMILES string of the molecule is CNCCCc1ncc(-c2ccc(Br)cc2Br)o1. The Bertz CT molecular complexity index is 525. The zero-order chi connectivity index (χ0) is 13.0. The highest BCUT2D eigenvalue weighted by Crippen LogP contribution is 2.31. The molecule has 1 heterocycles. The van der Waals surface area contributed by atoms with E-state index >= 15 is 0 Å². The van der Waals surface area contributed by atoms with Crippen LogP contribution in [0, 0.1) is 0 Å². The van der Waals surface area contributed by atoms with Crippen LogP contribution >= 0.6 is 31.9 Å². The van der Waals surface area contributed by atoms with E-state index in [2.05, 4.69) is 42.2 Å². The molecule has 0 saturated heterocycles. The first-order chi connectivity index (χ1) is 8.70. The Morgan fingerprint density at radius 3 is 2.89 bits per heavy atom. The number of hydrogen-bond acceptors (Lipinski definition) is 3. The fraction of sp³-hybridized carbons (Fsp3) is 0.308. The lowest BCUT2D eigenvalue weighted by Gasteiger charge is -2.01. The Hall–Kier alpha value is -0.650. The molecule has 1 N–H and O–H groups in total. The summed E-state index contributed by atoms with van der Waals surface area (Å²) >= 11 is 6.96. The second kappa shape index (κ2) is 6.50. The van der Waals surface area contributed by atoms with Crippen LogP contribution in [-0.4, -0.2) is 18.6 Å². The van der Waals surface area contributed by atoms with Crippen molar-refractivity contribution in [1.82, 2.24) is 10.3 Å². The van der Waals surface area contributed by atoms with Gasteiger partial charge in [0.05, 0.1) is 6.20 Å². The predicted octanol–water partition coefficient (Wildman–Crippen LogP) is 4.02. The number of halogens is 2. The molecule has 0 atom stereocenters. The highest BCUT2D eigenvalue weighted by atomic mass is 79.9. The largest absolute Gasteiger partial charge is 0.441 e. The second-order valence-corrected chi connectivity index (χ2v) is 5.72. The van der Waals surface area contributed by atoms with Gasteiger partial charge >= 0.3 is 0 Å². The summed E-state index contributed by atoms with van der Waals surface area (Å²) in [5, 5.41) is 3.11. The van der Waals surface area contributed by atoms with Gasteiger partial charge in [-0.15, -0.1) is 0 Å². The highest BCUT2D eigenvalue weighted by Gasteiger charge is 2.09. The van der Waals surface area contributed by atoms with E-state index < -0.39 is 0 Å². The molecule has 1 aromatic heterocycles. The van der Waals surface area contributed by atoms with Crippen molar-refractivity contribution in [3.63, 3.8) is 0 Å². The molecular weight excluding hydrogens is 360 g/mol. The average molecular weight is 374 g/mol. The Labute approximate surface area is 123 Å². The molecule has 0 aliphatic rings. The number of aromatic nitrogens is 1. The molecule has 18 heavy (non-hydrogen) atoms. The van der Waals surface area contributed by atoms with Crippen molar-refractivity contribution in [2.75, 3.05) is 13.6 Å². The van der Waals surface area contributed by atoms with Gasteiger partial charge in [-0.3, -0.25) is 0 Å². The number of nitrogens with one attached hydrogen (secondary N) is 1. The Morgan fingerprint density at radius 1 is 1.33 bits per heavy atom. The van der Waals surface area contributed by atoms with Crippen molar-refractivity contribution in [3.8, 4) is 11.3 Å². The van der Waals surface area contributed by atoms with Crippen molar-refractivity contribution in [3.05, 3.63) is 39.2 Å². The van der Waals surface area contributed by atoms with Gasteiger partial charge in [-0.25, -0.2) is 4.98 Å². The fourth-order valence-corrected chi connectivity index (χ4v) is 2.90. The second-order valence-electron chi connectivity index (χ2n) is 3.95. The number of oxazole rings is 1. The third kappa shape index (κ3) is 3.43. The Morgan fingerprint density at radius 2 is 2.17 bits per heavy atom. The number of nitrogens with zero attached hydrogens (tertiary/aromatic N) is 1. The number of hydrogen-bond donors (Lipinski definition) is 1. The third-order valence-electron chi connectivity index (χ3n) is 2.57. The van der Waals surface area contributed by atoms with Crippen LogP contribution in [0.25, 0.3) is 11.3 Å². The molecule has 0 spiro atoms. The fourth-order valence-electron chi connectivity index (χ4n) is 1.66. The molecule has 2 aromatic rings. The molecule has 3 nitrogen and oxygen atoms in total. The summed E-state index contributed by atoms with van der Waals surface area (Å²) in [7, 11) is 1.94. The van der Waals surface area contributed by atoms with Gasteiger partial charge in [-0.05, 0) is 54.1 Å². The van der Waals surface area contributed by atoms with Gasteiger partial charge in [0, 0.05) is 20.9 Å². The third-order valence-corrected chi connectivity index (χ3v) is 3.72. The standard InChI is InChI=1S/C13H14Br2N2O/c1-16-6-2-3-13-17-8-12(18-13)10-5-4-9(14)7-11(10)15/h4-5,7-8,16H,2-3,6H2,1H3. The molecule has 0 fully saturated rings. The maximum atomic E-state index is 5.75. The molecule has 5 heteroatoms. The molecule has 2 rings (SSSR count). The van der Waals surface area contributed by atoms with Crippen molar-refractivity contribution >= 4 is 31.9 Å². The zero-order valence-electron chi connectivity index (χ0n) is 10.0. The van der Waals surface area contributed by atoms with E-state index in [9.17, 15) is 0 Å². The highest BCUT2D eigenvalue weighted by molar-refractivity contribution is 9.11. The smallest absolute Gasteiger partial charge is 0.194 e. The van der Waals surface area contributed by atoms with Crippen molar-refractivity contribution in [1.29, 1.82) is 0 Å². The maximum Gasteiger partial charge on any atom is 0.194 e. The summed E-state index contributed by atoms with van der Waals surface area (Å²) in [6.45, 7) is 0.972. The van der Waals surface area contributed by atoms with Crippen molar-refractivity contribution in [2.24, 2.45) is 0 Å². The molecular formula is C13H14Br2N2O. The van der Waals surface area contributed by atoms with Crippen LogP contribution in [0.15, 0.2) is 37.8 Å². The van der Waals surface area contributed by atoms with Crippen LogP contribution in [0.2, 0.25) is 0 Å². The van der Waals surface area contributed by atoms with E-state index in [1.807, 2.05) is 25.2 Å². The predicted molar refractivity (Wildman–Crippen MR) is 79.6 cm³/mol. The quantitative estimate of drug-likeness (QED) is 0.804. The van der Waals surface area contributed by atoms with Crippen LogP contribution in [0.5, 0.6) is 0 Å². The minimum atomic E-state index is 0.787. The number of aryl methyl sites for hydroxylation is 1. The lowest BCUT2D eigenvalue weighted by atomic mass is 10.2. The summed E-state index contributed by atoms with van der Waals surface area (Å²) in [5.74, 6) is 1.59. The molecule has 0 aliphatic carbocycles. The maximum absolute atomic E-state index is 5.75. The van der Waals surface area contributed by atoms with Crippen LogP contribution in [0.3, 0.4) is 0 Å². The molecule has 96 valence electrons. The molecule has 0 aliphatic heterocycles. The topological polar surface area (TPSA) is 38.1 Å². The first-order valence-electron chi connectivity index (χ1n) is 5.75. The summed E-state index contributed by atoms with van der Waals surface area (Å²) < 4.78 is 7.78. The van der Waals surface area contributed by atoms with E-state index in [1.165, 1.54) is 0 Å². The minimum absolute atomic E-state index is 0.787. The molecule has 0 amide bonds. The summed E-state index contributed by atoms with van der Waals surface area (Å²) in [6.07, 6.45) is 3.66. The lowest BCUT2D eigenvalue weighted by Crippen LogP contribution is -2.08. The van der Waals surface area contributed by atoms with E-state index in [-0.39, 0.29) is 0 Å². The van der Waals surface area contributed by atoms with Gasteiger partial charge < -0.3 is 9.73 Å². The summed E-state index contributed by atoms with van der Waals surface area (Å²) in [6, 6.07) is 5.99. The van der Waals surface area contributed by atoms with Gasteiger partial charge in [0.25, 0.3) is 0 Å². The number of benzene rings is 1.